The van der Waals surface area contributed by atoms with E-state index in [0.29, 0.717) is 12.1 Å². The van der Waals surface area contributed by atoms with E-state index in [1.54, 1.807) is 4.90 Å². The van der Waals surface area contributed by atoms with Crippen molar-refractivity contribution in [2.24, 2.45) is 0 Å². The number of ether oxygens (including phenoxy) is 1. The summed E-state index contributed by atoms with van der Waals surface area (Å²) < 4.78 is 5.61. The second-order valence-corrected chi connectivity index (χ2v) is 5.51. The number of amides is 1. The minimum atomic E-state index is -0.385. The molecular formula is C14H16BrNO3. The first kappa shape index (κ1) is 14.1. The Labute approximate surface area is 120 Å². The van der Waals surface area contributed by atoms with Crippen molar-refractivity contribution in [3.63, 3.8) is 0 Å². The number of esters is 1. The number of hydrogen-bond donors (Lipinski definition) is 0. The smallest absolute Gasteiger partial charge is 0.325 e. The van der Waals surface area contributed by atoms with Crippen molar-refractivity contribution in [3.8, 4) is 0 Å². The molecule has 0 bridgehead atoms. The molecule has 1 unspecified atom stereocenters. The summed E-state index contributed by atoms with van der Waals surface area (Å²) in [5.41, 5.74) is 1.74. The van der Waals surface area contributed by atoms with Crippen LogP contribution in [-0.2, 0) is 9.53 Å². The molecule has 5 heteroatoms. The first-order valence-electron chi connectivity index (χ1n) is 6.22. The molecular weight excluding hydrogens is 310 g/mol. The highest BCUT2D eigenvalue weighted by Crippen LogP contribution is 2.32. The Kier molecular flexibility index (Phi) is 4.24. The third kappa shape index (κ3) is 2.81. The lowest BCUT2D eigenvalue weighted by atomic mass is 9.87. The number of benzene rings is 1. The maximum absolute atomic E-state index is 12.3. The van der Waals surface area contributed by atoms with Gasteiger partial charge in [0.25, 0.3) is 5.91 Å². The summed E-state index contributed by atoms with van der Waals surface area (Å²) in [5, 5.41) is 0. The largest absolute Gasteiger partial charge is 0.468 e. The number of methoxy groups -OCH3 is 1. The first-order chi connectivity index (χ1) is 9.06. The molecule has 0 spiro atoms. The van der Waals surface area contributed by atoms with E-state index in [1.165, 1.54) is 7.11 Å². The lowest BCUT2D eigenvalue weighted by Gasteiger charge is -2.33. The van der Waals surface area contributed by atoms with Crippen molar-refractivity contribution in [1.82, 2.24) is 4.90 Å². The van der Waals surface area contributed by atoms with Gasteiger partial charge >= 0.3 is 5.97 Å². The molecule has 0 saturated carbocycles. The van der Waals surface area contributed by atoms with Crippen LogP contribution in [-0.4, -0.2) is 37.0 Å². The van der Waals surface area contributed by atoms with Crippen molar-refractivity contribution in [2.45, 2.75) is 19.3 Å². The highest BCUT2D eigenvalue weighted by atomic mass is 79.9. The molecule has 1 amide bonds. The number of rotatable bonds is 3. The molecule has 2 rings (SSSR count). The van der Waals surface area contributed by atoms with E-state index in [4.69, 9.17) is 0 Å². The molecule has 4 nitrogen and oxygen atoms in total. The van der Waals surface area contributed by atoms with Crippen LogP contribution in [0, 0.1) is 0 Å². The zero-order valence-corrected chi connectivity index (χ0v) is 12.6. The fraction of sp³-hybridized carbons (Fsp3) is 0.429. The second kappa shape index (κ2) is 5.74. The van der Waals surface area contributed by atoms with Gasteiger partial charge in [-0.25, -0.2) is 0 Å². The van der Waals surface area contributed by atoms with Gasteiger partial charge in [0.05, 0.1) is 7.11 Å². The Bertz CT molecular complexity index is 515. The maximum Gasteiger partial charge on any atom is 0.325 e. The fourth-order valence-electron chi connectivity index (χ4n) is 2.39. The average Bonchev–Trinajstić information content (AvgIpc) is 2.41. The summed E-state index contributed by atoms with van der Waals surface area (Å²) in [6, 6.07) is 5.66. The molecule has 1 aromatic rings. The molecule has 0 saturated heterocycles. The van der Waals surface area contributed by atoms with Crippen LogP contribution in [0.5, 0.6) is 0 Å². The summed E-state index contributed by atoms with van der Waals surface area (Å²) in [6.07, 6.45) is 0.925. The van der Waals surface area contributed by atoms with Crippen LogP contribution in [0.3, 0.4) is 0 Å². The van der Waals surface area contributed by atoms with Crippen molar-refractivity contribution in [1.29, 1.82) is 0 Å². The van der Waals surface area contributed by atoms with Crippen LogP contribution in [0.1, 0.15) is 35.2 Å². The number of fused-ring (bicyclic) bond motifs is 1. The SMILES string of the molecule is CCC1CN(CC(=O)OC)C(=O)c2ccc(Br)cc21. The monoisotopic (exact) mass is 325 g/mol. The minimum Gasteiger partial charge on any atom is -0.468 e. The molecule has 0 aromatic heterocycles. The first-order valence-corrected chi connectivity index (χ1v) is 7.01. The normalized spacial score (nSPS) is 18.2. The van der Waals surface area contributed by atoms with Gasteiger partial charge in [-0.05, 0) is 30.2 Å². The lowest BCUT2D eigenvalue weighted by molar-refractivity contribution is -0.141. The highest BCUT2D eigenvalue weighted by molar-refractivity contribution is 9.10. The van der Waals surface area contributed by atoms with Crippen molar-refractivity contribution in [3.05, 3.63) is 33.8 Å². The quantitative estimate of drug-likeness (QED) is 0.802. The van der Waals surface area contributed by atoms with Gasteiger partial charge in [0.15, 0.2) is 0 Å². The molecule has 1 aromatic carbocycles. The molecule has 1 aliphatic heterocycles. The number of halogens is 1. The third-order valence-electron chi connectivity index (χ3n) is 3.45. The summed E-state index contributed by atoms with van der Waals surface area (Å²) in [7, 11) is 1.33. The van der Waals surface area contributed by atoms with E-state index in [0.717, 1.165) is 16.5 Å². The Morgan fingerprint density at radius 2 is 2.26 bits per heavy atom. The van der Waals surface area contributed by atoms with Gasteiger partial charge in [-0.2, -0.15) is 0 Å². The molecule has 1 heterocycles. The Hall–Kier alpha value is -1.36. The Morgan fingerprint density at radius 1 is 1.53 bits per heavy atom. The van der Waals surface area contributed by atoms with E-state index < -0.39 is 0 Å². The van der Waals surface area contributed by atoms with Gasteiger partial charge in [0.1, 0.15) is 6.54 Å². The lowest BCUT2D eigenvalue weighted by Crippen LogP contribution is -2.43. The standard InChI is InChI=1S/C14H16BrNO3/c1-3-9-7-16(8-13(17)19-2)14(18)11-5-4-10(15)6-12(9)11/h4-6,9H,3,7-8H2,1-2H3. The molecule has 1 aliphatic rings. The topological polar surface area (TPSA) is 46.6 Å². The average molecular weight is 326 g/mol. The molecule has 0 fully saturated rings. The molecule has 1 atom stereocenters. The van der Waals surface area contributed by atoms with Crippen LogP contribution in [0.25, 0.3) is 0 Å². The number of carbonyl (C=O) groups is 2. The zero-order chi connectivity index (χ0) is 14.0. The number of carbonyl (C=O) groups excluding carboxylic acids is 2. The van der Waals surface area contributed by atoms with Gasteiger partial charge in [-0.15, -0.1) is 0 Å². The van der Waals surface area contributed by atoms with Crippen LogP contribution in [0.4, 0.5) is 0 Å². The predicted molar refractivity (Wildman–Crippen MR) is 75.1 cm³/mol. The molecule has 0 aliphatic carbocycles. The molecule has 0 radical (unpaired) electrons. The minimum absolute atomic E-state index is 0.0152. The number of nitrogens with zero attached hydrogens (tertiary/aromatic N) is 1. The summed E-state index contributed by atoms with van der Waals surface area (Å²) in [4.78, 5) is 25.3. The van der Waals surface area contributed by atoms with Crippen LogP contribution >= 0.6 is 15.9 Å². The highest BCUT2D eigenvalue weighted by Gasteiger charge is 2.31. The third-order valence-corrected chi connectivity index (χ3v) is 3.95. The Balaban J connectivity index is 2.34. The fourth-order valence-corrected chi connectivity index (χ4v) is 2.77. The van der Waals surface area contributed by atoms with Gasteiger partial charge in [0, 0.05) is 22.5 Å². The van der Waals surface area contributed by atoms with E-state index in [-0.39, 0.29) is 24.3 Å². The molecule has 102 valence electrons. The van der Waals surface area contributed by atoms with Crippen molar-refractivity contribution >= 4 is 27.8 Å². The van der Waals surface area contributed by atoms with Gasteiger partial charge in [-0.3, -0.25) is 9.59 Å². The van der Waals surface area contributed by atoms with Crippen LogP contribution < -0.4 is 0 Å². The summed E-state index contributed by atoms with van der Waals surface area (Å²) in [5.74, 6) is -0.226. The van der Waals surface area contributed by atoms with E-state index in [1.807, 2.05) is 18.2 Å². The van der Waals surface area contributed by atoms with Crippen molar-refractivity contribution < 1.29 is 14.3 Å². The summed E-state index contributed by atoms with van der Waals surface area (Å²) >= 11 is 3.43. The van der Waals surface area contributed by atoms with Crippen LogP contribution in [0.2, 0.25) is 0 Å². The predicted octanol–water partition coefficient (Wildman–Crippen LogP) is 2.57. The van der Waals surface area contributed by atoms with Crippen molar-refractivity contribution in [2.75, 3.05) is 20.2 Å². The van der Waals surface area contributed by atoms with Gasteiger partial charge in [0.2, 0.25) is 0 Å². The molecule has 19 heavy (non-hydrogen) atoms. The van der Waals surface area contributed by atoms with Crippen LogP contribution in [0.15, 0.2) is 22.7 Å². The number of hydrogen-bond acceptors (Lipinski definition) is 3. The maximum atomic E-state index is 12.3. The van der Waals surface area contributed by atoms with E-state index >= 15 is 0 Å². The van der Waals surface area contributed by atoms with E-state index in [2.05, 4.69) is 27.6 Å². The van der Waals surface area contributed by atoms with Gasteiger partial charge < -0.3 is 9.64 Å². The summed E-state index contributed by atoms with van der Waals surface area (Å²) in [6.45, 7) is 2.66. The van der Waals surface area contributed by atoms with E-state index in [9.17, 15) is 9.59 Å². The molecule has 0 N–H and O–H groups in total. The zero-order valence-electron chi connectivity index (χ0n) is 11.0. The Morgan fingerprint density at radius 3 is 2.89 bits per heavy atom. The van der Waals surface area contributed by atoms with Gasteiger partial charge in [-0.1, -0.05) is 22.9 Å². The second-order valence-electron chi connectivity index (χ2n) is 4.60.